The second kappa shape index (κ2) is 11.4. The zero-order valence-corrected chi connectivity index (χ0v) is 22.0. The number of amidine groups is 1. The fourth-order valence-corrected chi connectivity index (χ4v) is 4.64. The van der Waals surface area contributed by atoms with Crippen LogP contribution in [0.1, 0.15) is 46.8 Å². The van der Waals surface area contributed by atoms with E-state index in [1.807, 2.05) is 26.0 Å². The van der Waals surface area contributed by atoms with E-state index in [2.05, 4.69) is 4.90 Å². The molecular formula is C29H33N5O5. The molecule has 1 saturated heterocycles. The standard InChI is InChI=1S/C29H33N5O5/c1-18(2)23-15-24(26(37)16-25(23)36)27(30)34(29(31)39)21-7-3-19(4-8-21)17-32-11-13-33(14-12-32)28(38)20-5-9-22(35)10-6-20/h3-10,15-16,18,30,35-37H,11-14,17H2,1-2H3,(H2,31,39). The molecule has 0 aliphatic carbocycles. The number of aromatic hydroxyl groups is 3. The summed E-state index contributed by atoms with van der Waals surface area (Å²) >= 11 is 0. The van der Waals surface area contributed by atoms with Gasteiger partial charge in [0.2, 0.25) is 0 Å². The first kappa shape index (κ1) is 27.5. The molecule has 1 aliphatic heterocycles. The van der Waals surface area contributed by atoms with Crippen LogP contribution in [0, 0.1) is 5.41 Å². The summed E-state index contributed by atoms with van der Waals surface area (Å²) in [5.74, 6) is -0.715. The number of hydrogen-bond donors (Lipinski definition) is 5. The quantitative estimate of drug-likeness (QED) is 0.241. The van der Waals surface area contributed by atoms with Crippen LogP contribution in [0.3, 0.4) is 0 Å². The second-order valence-corrected chi connectivity index (χ2v) is 9.89. The first-order chi connectivity index (χ1) is 18.5. The molecule has 4 rings (SSSR count). The molecule has 0 saturated carbocycles. The highest BCUT2D eigenvalue weighted by Crippen LogP contribution is 2.33. The van der Waals surface area contributed by atoms with Crippen LogP contribution in [-0.4, -0.2) is 69.1 Å². The predicted molar refractivity (Wildman–Crippen MR) is 148 cm³/mol. The van der Waals surface area contributed by atoms with E-state index < -0.39 is 6.03 Å². The molecule has 204 valence electrons. The molecule has 1 fully saturated rings. The van der Waals surface area contributed by atoms with Gasteiger partial charge in [-0.05, 0) is 59.5 Å². The largest absolute Gasteiger partial charge is 0.508 e. The minimum absolute atomic E-state index is 0.0619. The molecule has 3 amide bonds. The number of piperazine rings is 1. The highest BCUT2D eigenvalue weighted by Gasteiger charge is 2.25. The van der Waals surface area contributed by atoms with E-state index in [0.717, 1.165) is 10.5 Å². The number of hydrogen-bond acceptors (Lipinski definition) is 7. The van der Waals surface area contributed by atoms with Crippen molar-refractivity contribution in [1.29, 1.82) is 5.41 Å². The summed E-state index contributed by atoms with van der Waals surface area (Å²) in [6.45, 7) is 6.95. The van der Waals surface area contributed by atoms with Gasteiger partial charge in [0.25, 0.3) is 5.91 Å². The lowest BCUT2D eigenvalue weighted by Crippen LogP contribution is -2.48. The van der Waals surface area contributed by atoms with Gasteiger partial charge in [0.15, 0.2) is 0 Å². The lowest BCUT2D eigenvalue weighted by atomic mass is 9.98. The molecule has 0 spiro atoms. The van der Waals surface area contributed by atoms with Crippen LogP contribution in [0.4, 0.5) is 10.5 Å². The number of amides is 3. The van der Waals surface area contributed by atoms with Crippen LogP contribution in [0.2, 0.25) is 0 Å². The molecule has 6 N–H and O–H groups in total. The normalized spacial score (nSPS) is 13.9. The van der Waals surface area contributed by atoms with Gasteiger partial charge in [0.05, 0.1) is 11.3 Å². The number of nitrogens with two attached hydrogens (primary N) is 1. The Morgan fingerprint density at radius 1 is 0.923 bits per heavy atom. The zero-order valence-electron chi connectivity index (χ0n) is 22.0. The topological polar surface area (TPSA) is 154 Å². The number of primary amides is 1. The molecule has 10 nitrogen and oxygen atoms in total. The molecule has 0 radical (unpaired) electrons. The maximum absolute atomic E-state index is 12.7. The number of phenolic OH excluding ortho intramolecular Hbond substituents is 3. The summed E-state index contributed by atoms with van der Waals surface area (Å²) in [6.07, 6.45) is 0. The van der Waals surface area contributed by atoms with Crippen LogP contribution in [-0.2, 0) is 6.54 Å². The first-order valence-corrected chi connectivity index (χ1v) is 12.7. The van der Waals surface area contributed by atoms with Crippen molar-refractivity contribution in [3.63, 3.8) is 0 Å². The fraction of sp³-hybridized carbons (Fsp3) is 0.276. The van der Waals surface area contributed by atoms with Gasteiger partial charge < -0.3 is 26.0 Å². The number of carbonyl (C=O) groups excluding carboxylic acids is 2. The molecule has 1 aliphatic rings. The molecule has 3 aromatic carbocycles. The van der Waals surface area contributed by atoms with E-state index >= 15 is 0 Å². The van der Waals surface area contributed by atoms with Gasteiger partial charge in [-0.3, -0.25) is 15.1 Å². The van der Waals surface area contributed by atoms with Crippen molar-refractivity contribution in [2.45, 2.75) is 26.3 Å². The van der Waals surface area contributed by atoms with Crippen LogP contribution < -0.4 is 10.6 Å². The Kier molecular flexibility index (Phi) is 8.06. The molecule has 3 aromatic rings. The van der Waals surface area contributed by atoms with Crippen LogP contribution >= 0.6 is 0 Å². The van der Waals surface area contributed by atoms with Crippen molar-refractivity contribution in [3.05, 3.63) is 82.9 Å². The minimum Gasteiger partial charge on any atom is -0.508 e. The third-order valence-corrected chi connectivity index (χ3v) is 6.84. The summed E-state index contributed by atoms with van der Waals surface area (Å²) in [5, 5.41) is 38.6. The second-order valence-electron chi connectivity index (χ2n) is 9.89. The Morgan fingerprint density at radius 3 is 2.10 bits per heavy atom. The van der Waals surface area contributed by atoms with E-state index in [1.165, 1.54) is 24.3 Å². The van der Waals surface area contributed by atoms with E-state index in [0.29, 0.717) is 49.5 Å². The average Bonchev–Trinajstić information content (AvgIpc) is 2.90. The van der Waals surface area contributed by atoms with Gasteiger partial charge in [-0.15, -0.1) is 0 Å². The van der Waals surface area contributed by atoms with Gasteiger partial charge in [0, 0.05) is 44.4 Å². The van der Waals surface area contributed by atoms with E-state index in [1.54, 1.807) is 29.2 Å². The average molecular weight is 532 g/mol. The Hall–Kier alpha value is -4.57. The molecular weight excluding hydrogens is 498 g/mol. The predicted octanol–water partition coefficient (Wildman–Crippen LogP) is 3.80. The molecule has 0 aromatic heterocycles. The van der Waals surface area contributed by atoms with Gasteiger partial charge in [-0.2, -0.15) is 0 Å². The number of carbonyl (C=O) groups is 2. The van der Waals surface area contributed by atoms with E-state index in [-0.39, 0.29) is 40.5 Å². The number of rotatable bonds is 6. The summed E-state index contributed by atoms with van der Waals surface area (Å²) in [6, 6.07) is 15.1. The Bertz CT molecular complexity index is 1360. The summed E-state index contributed by atoms with van der Waals surface area (Å²) < 4.78 is 0. The zero-order chi connectivity index (χ0) is 28.3. The molecule has 0 bridgehead atoms. The van der Waals surface area contributed by atoms with Gasteiger partial charge in [0.1, 0.15) is 23.1 Å². The Labute approximate surface area is 227 Å². The van der Waals surface area contributed by atoms with Crippen molar-refractivity contribution < 1.29 is 24.9 Å². The first-order valence-electron chi connectivity index (χ1n) is 12.7. The Morgan fingerprint density at radius 2 is 1.54 bits per heavy atom. The van der Waals surface area contributed by atoms with Gasteiger partial charge >= 0.3 is 6.03 Å². The highest BCUT2D eigenvalue weighted by atomic mass is 16.3. The van der Waals surface area contributed by atoms with Crippen LogP contribution in [0.25, 0.3) is 0 Å². The van der Waals surface area contributed by atoms with Crippen molar-refractivity contribution in [2.75, 3.05) is 31.1 Å². The molecule has 10 heteroatoms. The maximum atomic E-state index is 12.7. The van der Waals surface area contributed by atoms with Crippen LogP contribution in [0.5, 0.6) is 17.2 Å². The maximum Gasteiger partial charge on any atom is 0.325 e. The SMILES string of the molecule is CC(C)c1cc(C(=N)N(C(N)=O)c2ccc(CN3CCN(C(=O)c4ccc(O)cc4)CC3)cc2)c(O)cc1O. The summed E-state index contributed by atoms with van der Waals surface area (Å²) in [7, 11) is 0. The minimum atomic E-state index is -0.874. The van der Waals surface area contributed by atoms with E-state index in [4.69, 9.17) is 11.1 Å². The summed E-state index contributed by atoms with van der Waals surface area (Å²) in [4.78, 5) is 30.1. The van der Waals surface area contributed by atoms with Crippen molar-refractivity contribution in [2.24, 2.45) is 5.73 Å². The number of nitrogens with one attached hydrogen (secondary N) is 1. The molecule has 39 heavy (non-hydrogen) atoms. The number of anilines is 1. The number of benzene rings is 3. The van der Waals surface area contributed by atoms with Crippen LogP contribution in [0.15, 0.2) is 60.7 Å². The Balaban J connectivity index is 1.42. The fourth-order valence-electron chi connectivity index (χ4n) is 4.64. The summed E-state index contributed by atoms with van der Waals surface area (Å²) in [5.41, 5.74) is 8.15. The number of nitrogens with zero attached hydrogens (tertiary/aromatic N) is 3. The van der Waals surface area contributed by atoms with Gasteiger partial charge in [-0.1, -0.05) is 26.0 Å². The molecule has 0 unspecified atom stereocenters. The van der Waals surface area contributed by atoms with E-state index in [9.17, 15) is 24.9 Å². The van der Waals surface area contributed by atoms with Gasteiger partial charge in [-0.25, -0.2) is 9.69 Å². The smallest absolute Gasteiger partial charge is 0.325 e. The monoisotopic (exact) mass is 531 g/mol. The van der Waals surface area contributed by atoms with Crippen molar-refractivity contribution >= 4 is 23.5 Å². The number of urea groups is 1. The lowest BCUT2D eigenvalue weighted by Gasteiger charge is -2.35. The number of phenols is 3. The van der Waals surface area contributed by atoms with Crippen molar-refractivity contribution in [3.8, 4) is 17.2 Å². The lowest BCUT2D eigenvalue weighted by molar-refractivity contribution is 0.0628. The van der Waals surface area contributed by atoms with Crippen molar-refractivity contribution in [1.82, 2.24) is 9.80 Å². The third-order valence-electron chi connectivity index (χ3n) is 6.84. The highest BCUT2D eigenvalue weighted by molar-refractivity contribution is 6.22. The molecule has 1 heterocycles. The third kappa shape index (κ3) is 6.12. The molecule has 0 atom stereocenters.